The summed E-state index contributed by atoms with van der Waals surface area (Å²) in [5.74, 6) is -0.0531. The SMILES string of the molecule is NC1=N[C@@H]2C[C@H]1NC(=O)c1cccc(OC(F)F)c12. The molecule has 0 aromatic heterocycles. The molecular formula is C12H11F2N3O2. The standard InChI is InChI=1S/C12H11F2N3O2/c13-12(14)19-8-3-1-2-5-9(8)6-4-7(10(15)16-6)17-11(5)18/h1-3,6-7,12H,4H2,(H2,15,16)(H,17,18)/t6-,7-/m1/s1. The Hall–Kier alpha value is -2.18. The maximum absolute atomic E-state index is 12.4. The first-order valence-corrected chi connectivity index (χ1v) is 5.78. The lowest BCUT2D eigenvalue weighted by Gasteiger charge is -2.16. The molecule has 0 saturated heterocycles. The lowest BCUT2D eigenvalue weighted by molar-refractivity contribution is -0.0506. The van der Waals surface area contributed by atoms with Crippen LogP contribution in [0.15, 0.2) is 23.2 Å². The van der Waals surface area contributed by atoms with E-state index < -0.39 is 12.7 Å². The first-order chi connectivity index (χ1) is 9.06. The number of amides is 1. The molecule has 0 saturated carbocycles. The summed E-state index contributed by atoms with van der Waals surface area (Å²) in [6.45, 7) is -2.95. The van der Waals surface area contributed by atoms with E-state index in [2.05, 4.69) is 15.0 Å². The van der Waals surface area contributed by atoms with Gasteiger partial charge in [-0.25, -0.2) is 0 Å². The van der Waals surface area contributed by atoms with Gasteiger partial charge in [-0.05, 0) is 12.1 Å². The predicted octanol–water partition coefficient (Wildman–Crippen LogP) is 1.20. The molecule has 0 unspecified atom stereocenters. The van der Waals surface area contributed by atoms with E-state index in [-0.39, 0.29) is 17.7 Å². The van der Waals surface area contributed by atoms with Crippen LogP contribution in [0.4, 0.5) is 8.78 Å². The molecule has 3 rings (SSSR count). The second kappa shape index (κ2) is 4.18. The number of benzene rings is 1. The van der Waals surface area contributed by atoms with Gasteiger partial charge in [0.1, 0.15) is 11.6 Å². The van der Waals surface area contributed by atoms with E-state index in [1.54, 1.807) is 6.07 Å². The summed E-state index contributed by atoms with van der Waals surface area (Å²) in [6.07, 6.45) is 0.466. The fraction of sp³-hybridized carbons (Fsp3) is 0.333. The van der Waals surface area contributed by atoms with Crippen molar-refractivity contribution in [3.8, 4) is 5.75 Å². The number of aliphatic imine (C=N–C) groups is 1. The van der Waals surface area contributed by atoms with Gasteiger partial charge < -0.3 is 15.8 Å². The van der Waals surface area contributed by atoms with Gasteiger partial charge in [0.05, 0.1) is 12.1 Å². The number of rotatable bonds is 2. The summed E-state index contributed by atoms with van der Waals surface area (Å²) >= 11 is 0. The Labute approximate surface area is 107 Å². The molecule has 1 aromatic carbocycles. The van der Waals surface area contributed by atoms with E-state index >= 15 is 0 Å². The first kappa shape index (κ1) is 11.9. The molecule has 2 aliphatic heterocycles. The topological polar surface area (TPSA) is 76.7 Å². The molecule has 100 valence electrons. The minimum absolute atomic E-state index is 0.0215. The molecule has 0 aliphatic carbocycles. The Morgan fingerprint density at radius 3 is 3.00 bits per heavy atom. The highest BCUT2D eigenvalue weighted by molar-refractivity contribution is 6.02. The fourth-order valence-electron chi connectivity index (χ4n) is 2.50. The van der Waals surface area contributed by atoms with Crippen LogP contribution in [-0.2, 0) is 0 Å². The molecule has 0 fully saturated rings. The molecule has 0 radical (unpaired) electrons. The van der Waals surface area contributed by atoms with Crippen molar-refractivity contribution >= 4 is 11.7 Å². The van der Waals surface area contributed by atoms with Gasteiger partial charge in [-0.3, -0.25) is 9.79 Å². The summed E-state index contributed by atoms with van der Waals surface area (Å²) in [6, 6.07) is 3.71. The molecule has 1 amide bonds. The van der Waals surface area contributed by atoms with Gasteiger partial charge in [0, 0.05) is 17.5 Å². The fourth-order valence-corrected chi connectivity index (χ4v) is 2.50. The van der Waals surface area contributed by atoms with E-state index in [1.165, 1.54) is 12.1 Å². The molecule has 2 aliphatic rings. The van der Waals surface area contributed by atoms with Gasteiger partial charge >= 0.3 is 6.61 Å². The molecule has 3 N–H and O–H groups in total. The number of nitrogens with two attached hydrogens (primary N) is 1. The first-order valence-electron chi connectivity index (χ1n) is 5.78. The molecule has 7 heteroatoms. The zero-order valence-electron chi connectivity index (χ0n) is 9.77. The lowest BCUT2D eigenvalue weighted by atomic mass is 9.98. The summed E-state index contributed by atoms with van der Waals surface area (Å²) in [5, 5.41) is 2.72. The van der Waals surface area contributed by atoms with Crippen LogP contribution in [0.3, 0.4) is 0 Å². The van der Waals surface area contributed by atoms with Crippen molar-refractivity contribution in [2.45, 2.75) is 25.1 Å². The minimum atomic E-state index is -2.95. The molecule has 2 heterocycles. The van der Waals surface area contributed by atoms with Crippen LogP contribution in [-0.4, -0.2) is 24.4 Å². The number of hydrogen-bond acceptors (Lipinski definition) is 4. The molecule has 2 atom stereocenters. The second-order valence-electron chi connectivity index (χ2n) is 4.43. The maximum atomic E-state index is 12.4. The van der Waals surface area contributed by atoms with Crippen LogP contribution in [0.2, 0.25) is 0 Å². The summed E-state index contributed by atoms with van der Waals surface area (Å²) in [5.41, 5.74) is 6.39. The highest BCUT2D eigenvalue weighted by Gasteiger charge is 2.37. The molecular weight excluding hydrogens is 256 g/mol. The second-order valence-corrected chi connectivity index (χ2v) is 4.43. The van der Waals surface area contributed by atoms with Crippen LogP contribution in [0.5, 0.6) is 5.75 Å². The van der Waals surface area contributed by atoms with Crippen LogP contribution in [0, 0.1) is 0 Å². The van der Waals surface area contributed by atoms with Gasteiger partial charge in [0.15, 0.2) is 0 Å². The van der Waals surface area contributed by atoms with Gasteiger partial charge in [-0.15, -0.1) is 0 Å². The third-order valence-corrected chi connectivity index (χ3v) is 3.29. The summed E-state index contributed by atoms with van der Waals surface area (Å²) in [4.78, 5) is 16.2. The van der Waals surface area contributed by atoms with Crippen molar-refractivity contribution in [1.29, 1.82) is 0 Å². The third kappa shape index (κ3) is 1.91. The van der Waals surface area contributed by atoms with Crippen molar-refractivity contribution in [1.82, 2.24) is 5.32 Å². The van der Waals surface area contributed by atoms with Crippen molar-refractivity contribution in [3.63, 3.8) is 0 Å². The zero-order chi connectivity index (χ0) is 13.6. The number of carbonyl (C=O) groups is 1. The number of nitrogens with zero attached hydrogens (tertiary/aromatic N) is 1. The normalized spacial score (nSPS) is 24.6. The largest absolute Gasteiger partial charge is 0.434 e. The van der Waals surface area contributed by atoms with Crippen LogP contribution >= 0.6 is 0 Å². The lowest BCUT2D eigenvalue weighted by Crippen LogP contribution is -2.41. The van der Waals surface area contributed by atoms with Gasteiger partial charge in [0.2, 0.25) is 0 Å². The highest BCUT2D eigenvalue weighted by Crippen LogP contribution is 2.39. The van der Waals surface area contributed by atoms with Gasteiger partial charge in [-0.2, -0.15) is 8.78 Å². The average Bonchev–Trinajstić information content (AvgIpc) is 2.61. The molecule has 2 bridgehead atoms. The maximum Gasteiger partial charge on any atom is 0.387 e. The van der Waals surface area contributed by atoms with Crippen LogP contribution < -0.4 is 15.8 Å². The monoisotopic (exact) mass is 267 g/mol. The number of alkyl halides is 2. The number of amidine groups is 1. The van der Waals surface area contributed by atoms with Gasteiger partial charge in [0.25, 0.3) is 5.91 Å². The van der Waals surface area contributed by atoms with Crippen molar-refractivity contribution in [2.24, 2.45) is 10.7 Å². The van der Waals surface area contributed by atoms with Crippen molar-refractivity contribution in [2.75, 3.05) is 0 Å². The summed E-state index contributed by atoms with van der Waals surface area (Å²) in [7, 11) is 0. The van der Waals surface area contributed by atoms with Gasteiger partial charge in [-0.1, -0.05) is 6.07 Å². The minimum Gasteiger partial charge on any atom is -0.434 e. The quantitative estimate of drug-likeness (QED) is 0.845. The average molecular weight is 267 g/mol. The Bertz CT molecular complexity index is 574. The molecule has 19 heavy (non-hydrogen) atoms. The van der Waals surface area contributed by atoms with E-state index in [1.807, 2.05) is 0 Å². The van der Waals surface area contributed by atoms with Crippen LogP contribution in [0.1, 0.15) is 28.4 Å². The number of carbonyl (C=O) groups excluding carboxylic acids is 1. The Kier molecular flexibility index (Phi) is 2.62. The smallest absolute Gasteiger partial charge is 0.387 e. The molecule has 5 nitrogen and oxygen atoms in total. The van der Waals surface area contributed by atoms with Crippen molar-refractivity contribution in [3.05, 3.63) is 29.3 Å². The third-order valence-electron chi connectivity index (χ3n) is 3.29. The predicted molar refractivity (Wildman–Crippen MR) is 63.3 cm³/mol. The van der Waals surface area contributed by atoms with E-state index in [0.29, 0.717) is 23.4 Å². The molecule has 0 spiro atoms. The Morgan fingerprint density at radius 1 is 1.47 bits per heavy atom. The number of halogens is 2. The number of ether oxygens (including phenoxy) is 1. The number of fused-ring (bicyclic) bond motifs is 4. The highest BCUT2D eigenvalue weighted by atomic mass is 19.3. The number of nitrogens with one attached hydrogen (secondary N) is 1. The van der Waals surface area contributed by atoms with Crippen molar-refractivity contribution < 1.29 is 18.3 Å². The van der Waals surface area contributed by atoms with E-state index in [9.17, 15) is 13.6 Å². The summed E-state index contributed by atoms with van der Waals surface area (Å²) < 4.78 is 29.3. The Balaban J connectivity index is 2.14. The molecule has 1 aromatic rings. The van der Waals surface area contributed by atoms with E-state index in [4.69, 9.17) is 5.73 Å². The number of hydrogen-bond donors (Lipinski definition) is 2. The van der Waals surface area contributed by atoms with E-state index in [0.717, 1.165) is 0 Å². The zero-order valence-corrected chi connectivity index (χ0v) is 9.77. The Morgan fingerprint density at radius 2 is 2.26 bits per heavy atom. The van der Waals surface area contributed by atoms with Crippen LogP contribution in [0.25, 0.3) is 0 Å².